The van der Waals surface area contributed by atoms with Crippen molar-refractivity contribution in [2.45, 2.75) is 19.3 Å². The number of benzene rings is 3. The SMILES string of the molecule is CC1CC=Cc2c1c1ccccc1n2-c1ccc(-c2nnc(-c3ccccc3)o2)cc1. The lowest BCUT2D eigenvalue weighted by Gasteiger charge is -2.16. The molecule has 0 N–H and O–H groups in total. The van der Waals surface area contributed by atoms with E-state index in [2.05, 4.69) is 82.4 Å². The van der Waals surface area contributed by atoms with Crippen LogP contribution < -0.4 is 0 Å². The van der Waals surface area contributed by atoms with Crippen LogP contribution in [0, 0.1) is 0 Å². The second-order valence-electron chi connectivity index (χ2n) is 8.02. The Morgan fingerprint density at radius 2 is 1.48 bits per heavy atom. The third-order valence-electron chi connectivity index (χ3n) is 6.03. The van der Waals surface area contributed by atoms with E-state index in [4.69, 9.17) is 4.42 Å². The quantitative estimate of drug-likeness (QED) is 0.330. The molecule has 0 aliphatic heterocycles. The number of hydrogen-bond acceptors (Lipinski definition) is 3. The van der Waals surface area contributed by atoms with Crippen molar-refractivity contribution in [1.82, 2.24) is 14.8 Å². The van der Waals surface area contributed by atoms with Gasteiger partial charge in [0.05, 0.1) is 5.52 Å². The summed E-state index contributed by atoms with van der Waals surface area (Å²) < 4.78 is 8.27. The summed E-state index contributed by atoms with van der Waals surface area (Å²) in [5.74, 6) is 1.57. The van der Waals surface area contributed by atoms with Crippen LogP contribution in [0.3, 0.4) is 0 Å². The zero-order chi connectivity index (χ0) is 20.8. The molecule has 0 amide bonds. The van der Waals surface area contributed by atoms with Crippen LogP contribution in [0.15, 0.2) is 89.4 Å². The van der Waals surface area contributed by atoms with Gasteiger partial charge in [-0.1, -0.05) is 49.4 Å². The Hall–Kier alpha value is -3.92. The molecule has 1 atom stereocenters. The van der Waals surface area contributed by atoms with E-state index in [1.54, 1.807) is 0 Å². The zero-order valence-corrected chi connectivity index (χ0v) is 17.2. The monoisotopic (exact) mass is 403 g/mol. The van der Waals surface area contributed by atoms with E-state index in [-0.39, 0.29) is 0 Å². The minimum atomic E-state index is 0.514. The van der Waals surface area contributed by atoms with Gasteiger partial charge in [0.15, 0.2) is 0 Å². The van der Waals surface area contributed by atoms with Crippen molar-refractivity contribution in [3.8, 4) is 28.6 Å². The molecule has 1 aliphatic carbocycles. The number of hydrogen-bond donors (Lipinski definition) is 0. The third-order valence-corrected chi connectivity index (χ3v) is 6.03. The average Bonchev–Trinajstić information content (AvgIpc) is 3.44. The van der Waals surface area contributed by atoms with Gasteiger partial charge in [-0.05, 0) is 66.4 Å². The highest BCUT2D eigenvalue weighted by atomic mass is 16.4. The number of nitrogens with zero attached hydrogens (tertiary/aromatic N) is 3. The zero-order valence-electron chi connectivity index (χ0n) is 17.2. The van der Waals surface area contributed by atoms with Gasteiger partial charge in [0.2, 0.25) is 11.8 Å². The molecule has 0 fully saturated rings. The molecule has 0 radical (unpaired) electrons. The summed E-state index contributed by atoms with van der Waals surface area (Å²) in [6.07, 6.45) is 5.62. The lowest BCUT2D eigenvalue weighted by Crippen LogP contribution is -2.02. The van der Waals surface area contributed by atoms with E-state index in [0.29, 0.717) is 17.7 Å². The summed E-state index contributed by atoms with van der Waals surface area (Å²) >= 11 is 0. The molecule has 4 heteroatoms. The maximum atomic E-state index is 5.92. The molecule has 31 heavy (non-hydrogen) atoms. The number of allylic oxidation sites excluding steroid dienone is 1. The van der Waals surface area contributed by atoms with Crippen LogP contribution in [-0.4, -0.2) is 14.8 Å². The minimum Gasteiger partial charge on any atom is -0.416 e. The fourth-order valence-electron chi connectivity index (χ4n) is 4.54. The van der Waals surface area contributed by atoms with Gasteiger partial charge in [0.1, 0.15) is 0 Å². The summed E-state index contributed by atoms with van der Waals surface area (Å²) in [4.78, 5) is 0. The first-order valence-corrected chi connectivity index (χ1v) is 10.6. The maximum Gasteiger partial charge on any atom is 0.248 e. The van der Waals surface area contributed by atoms with Crippen molar-refractivity contribution < 1.29 is 4.42 Å². The summed E-state index contributed by atoms with van der Waals surface area (Å²) in [7, 11) is 0. The second kappa shape index (κ2) is 7.10. The first-order valence-electron chi connectivity index (χ1n) is 10.6. The van der Waals surface area contributed by atoms with Crippen molar-refractivity contribution in [2.24, 2.45) is 0 Å². The maximum absolute atomic E-state index is 5.92. The van der Waals surface area contributed by atoms with Crippen molar-refractivity contribution in [1.29, 1.82) is 0 Å². The molecule has 2 heterocycles. The van der Waals surface area contributed by atoms with Gasteiger partial charge < -0.3 is 8.98 Å². The standard InChI is InChI=1S/C27H21N3O/c1-18-8-7-13-24-25(18)22-11-5-6-12-23(22)30(24)21-16-14-20(15-17-21)27-29-28-26(31-27)19-9-3-2-4-10-19/h2-7,9-18H,8H2,1H3. The van der Waals surface area contributed by atoms with Gasteiger partial charge in [-0.3, -0.25) is 0 Å². The molecule has 4 nitrogen and oxygen atoms in total. The van der Waals surface area contributed by atoms with Crippen molar-refractivity contribution in [3.63, 3.8) is 0 Å². The van der Waals surface area contributed by atoms with Crippen LogP contribution in [0.5, 0.6) is 0 Å². The molecule has 1 unspecified atom stereocenters. The summed E-state index contributed by atoms with van der Waals surface area (Å²) in [6.45, 7) is 2.31. The molecular formula is C27H21N3O. The Balaban J connectivity index is 1.42. The number of para-hydroxylation sites is 1. The highest BCUT2D eigenvalue weighted by Gasteiger charge is 2.22. The smallest absolute Gasteiger partial charge is 0.248 e. The first kappa shape index (κ1) is 17.9. The third kappa shape index (κ3) is 2.91. The Kier molecular flexibility index (Phi) is 4.10. The average molecular weight is 403 g/mol. The van der Waals surface area contributed by atoms with Gasteiger partial charge in [0.25, 0.3) is 0 Å². The van der Waals surface area contributed by atoms with Gasteiger partial charge in [-0.25, -0.2) is 0 Å². The van der Waals surface area contributed by atoms with Gasteiger partial charge in [-0.15, -0.1) is 10.2 Å². The lowest BCUT2D eigenvalue weighted by atomic mass is 9.91. The summed E-state index contributed by atoms with van der Waals surface area (Å²) in [6, 6.07) is 26.9. The van der Waals surface area contributed by atoms with E-state index in [9.17, 15) is 0 Å². The molecular weight excluding hydrogens is 382 g/mol. The number of rotatable bonds is 3. The Morgan fingerprint density at radius 3 is 2.26 bits per heavy atom. The Morgan fingerprint density at radius 1 is 0.806 bits per heavy atom. The van der Waals surface area contributed by atoms with Crippen molar-refractivity contribution >= 4 is 17.0 Å². The highest BCUT2D eigenvalue weighted by Crippen LogP contribution is 2.39. The predicted molar refractivity (Wildman–Crippen MR) is 124 cm³/mol. The highest BCUT2D eigenvalue weighted by molar-refractivity contribution is 5.91. The molecule has 150 valence electrons. The van der Waals surface area contributed by atoms with Crippen LogP contribution in [-0.2, 0) is 0 Å². The predicted octanol–water partition coefficient (Wildman–Crippen LogP) is 6.87. The van der Waals surface area contributed by atoms with Crippen LogP contribution in [0.2, 0.25) is 0 Å². The van der Waals surface area contributed by atoms with Crippen LogP contribution >= 0.6 is 0 Å². The van der Waals surface area contributed by atoms with Gasteiger partial charge in [-0.2, -0.15) is 0 Å². The largest absolute Gasteiger partial charge is 0.416 e. The van der Waals surface area contributed by atoms with Crippen molar-refractivity contribution in [3.05, 3.63) is 96.2 Å². The van der Waals surface area contributed by atoms with E-state index < -0.39 is 0 Å². The number of aromatic nitrogens is 3. The molecule has 5 aromatic rings. The molecule has 1 aliphatic rings. The molecule has 0 spiro atoms. The summed E-state index contributed by atoms with van der Waals surface area (Å²) in [5.41, 5.74) is 6.91. The molecule has 2 aromatic heterocycles. The molecule has 6 rings (SSSR count). The van der Waals surface area contributed by atoms with E-state index in [1.165, 1.54) is 22.2 Å². The fraction of sp³-hybridized carbons (Fsp3) is 0.111. The Bertz CT molecular complexity index is 1410. The molecule has 0 bridgehead atoms. The van der Waals surface area contributed by atoms with Crippen molar-refractivity contribution in [2.75, 3.05) is 0 Å². The van der Waals surface area contributed by atoms with Gasteiger partial charge in [0, 0.05) is 27.9 Å². The number of fused-ring (bicyclic) bond motifs is 3. The van der Waals surface area contributed by atoms with E-state index in [0.717, 1.165) is 23.2 Å². The van der Waals surface area contributed by atoms with Crippen LogP contribution in [0.25, 0.3) is 45.6 Å². The van der Waals surface area contributed by atoms with Gasteiger partial charge >= 0.3 is 0 Å². The van der Waals surface area contributed by atoms with E-state index >= 15 is 0 Å². The topological polar surface area (TPSA) is 43.9 Å². The van der Waals surface area contributed by atoms with Crippen LogP contribution in [0.1, 0.15) is 30.5 Å². The lowest BCUT2D eigenvalue weighted by molar-refractivity contribution is 0.584. The minimum absolute atomic E-state index is 0.514. The molecule has 0 saturated heterocycles. The first-order chi connectivity index (χ1) is 15.3. The molecule has 3 aromatic carbocycles. The fourth-order valence-corrected chi connectivity index (χ4v) is 4.54. The molecule has 0 saturated carbocycles. The normalized spacial score (nSPS) is 15.3. The Labute approximate surface area is 180 Å². The summed E-state index contributed by atoms with van der Waals surface area (Å²) in [5, 5.41) is 9.80. The van der Waals surface area contributed by atoms with E-state index in [1.807, 2.05) is 30.3 Å². The van der Waals surface area contributed by atoms with Crippen LogP contribution in [0.4, 0.5) is 0 Å². The second-order valence-corrected chi connectivity index (χ2v) is 8.02.